The zero-order valence-corrected chi connectivity index (χ0v) is 18.4. The van der Waals surface area contributed by atoms with Crippen molar-refractivity contribution in [2.24, 2.45) is 0 Å². The molecule has 0 bridgehead atoms. The number of hydrogen-bond acceptors (Lipinski definition) is 6. The van der Waals surface area contributed by atoms with Crippen molar-refractivity contribution in [1.82, 2.24) is 10.2 Å². The Balaban J connectivity index is 1.81. The van der Waals surface area contributed by atoms with E-state index >= 15 is 0 Å². The third-order valence-electron chi connectivity index (χ3n) is 5.10. The lowest BCUT2D eigenvalue weighted by atomic mass is 10.0. The van der Waals surface area contributed by atoms with Crippen molar-refractivity contribution in [1.29, 1.82) is 0 Å². The van der Waals surface area contributed by atoms with Crippen LogP contribution < -0.4 is 14.8 Å². The minimum absolute atomic E-state index is 0.0250. The Kier molecular flexibility index (Phi) is 7.52. The van der Waals surface area contributed by atoms with Crippen LogP contribution >= 0.6 is 11.3 Å². The highest BCUT2D eigenvalue weighted by Crippen LogP contribution is 2.32. The summed E-state index contributed by atoms with van der Waals surface area (Å²) in [5.74, 6) is 1.41. The molecule has 0 radical (unpaired) electrons. The van der Waals surface area contributed by atoms with E-state index in [1.165, 1.54) is 0 Å². The van der Waals surface area contributed by atoms with Crippen LogP contribution in [0.25, 0.3) is 0 Å². The molecule has 1 N–H and O–H groups in total. The molecule has 1 amide bonds. The number of morpholine rings is 1. The summed E-state index contributed by atoms with van der Waals surface area (Å²) >= 11 is 1.65. The monoisotopic (exact) mass is 418 g/mol. The fraction of sp³-hybridized carbons (Fsp3) is 0.500. The van der Waals surface area contributed by atoms with Gasteiger partial charge in [-0.15, -0.1) is 11.3 Å². The summed E-state index contributed by atoms with van der Waals surface area (Å²) in [6, 6.07) is 8.00. The highest BCUT2D eigenvalue weighted by molar-refractivity contribution is 7.12. The first kappa shape index (κ1) is 21.6. The van der Waals surface area contributed by atoms with E-state index in [1.54, 1.807) is 18.4 Å². The second-order valence-corrected chi connectivity index (χ2v) is 8.50. The maximum absolute atomic E-state index is 12.8. The van der Waals surface area contributed by atoms with E-state index in [-0.39, 0.29) is 11.9 Å². The van der Waals surface area contributed by atoms with Gasteiger partial charge in [-0.1, -0.05) is 6.07 Å². The Morgan fingerprint density at radius 2 is 2.00 bits per heavy atom. The topological polar surface area (TPSA) is 60.0 Å². The van der Waals surface area contributed by atoms with Crippen LogP contribution in [0.2, 0.25) is 0 Å². The van der Waals surface area contributed by atoms with Gasteiger partial charge in [0.2, 0.25) is 0 Å². The molecular weight excluding hydrogens is 388 g/mol. The molecule has 2 heterocycles. The van der Waals surface area contributed by atoms with Crippen molar-refractivity contribution >= 4 is 17.2 Å². The van der Waals surface area contributed by atoms with Crippen LogP contribution in [0.4, 0.5) is 0 Å². The molecule has 1 aromatic carbocycles. The summed E-state index contributed by atoms with van der Waals surface area (Å²) in [5, 5.41) is 3.14. The molecule has 29 heavy (non-hydrogen) atoms. The fourth-order valence-corrected chi connectivity index (χ4v) is 4.58. The smallest absolute Gasteiger partial charge is 0.252 e. The van der Waals surface area contributed by atoms with Crippen LogP contribution in [0.15, 0.2) is 24.3 Å². The van der Waals surface area contributed by atoms with Crippen LogP contribution in [0.3, 0.4) is 0 Å². The van der Waals surface area contributed by atoms with Crippen molar-refractivity contribution in [3.8, 4) is 11.5 Å². The Labute approximate surface area is 176 Å². The molecular formula is C22H30N2O4S. The van der Waals surface area contributed by atoms with Crippen LogP contribution in [-0.4, -0.2) is 57.4 Å². The number of ether oxygens (including phenoxy) is 3. The number of amides is 1. The molecule has 1 aliphatic heterocycles. The summed E-state index contributed by atoms with van der Waals surface area (Å²) in [5.41, 5.74) is 1.85. The number of thiophene rings is 1. The van der Waals surface area contributed by atoms with Crippen LogP contribution in [0.1, 0.15) is 38.6 Å². The first-order valence-corrected chi connectivity index (χ1v) is 10.8. The molecule has 1 unspecified atom stereocenters. The largest absolute Gasteiger partial charge is 0.493 e. The van der Waals surface area contributed by atoms with Gasteiger partial charge in [-0.25, -0.2) is 0 Å². The summed E-state index contributed by atoms with van der Waals surface area (Å²) in [6.07, 6.45) is 0. The minimum Gasteiger partial charge on any atom is -0.493 e. The normalized spacial score (nSPS) is 15.7. The van der Waals surface area contributed by atoms with Gasteiger partial charge in [-0.2, -0.15) is 0 Å². The maximum atomic E-state index is 12.8. The molecule has 0 spiro atoms. The van der Waals surface area contributed by atoms with E-state index in [2.05, 4.69) is 16.3 Å². The Bertz CT molecular complexity index is 830. The van der Waals surface area contributed by atoms with E-state index < -0.39 is 0 Å². The number of nitrogens with one attached hydrogen (secondary N) is 1. The molecule has 3 rings (SSSR count). The van der Waals surface area contributed by atoms with Crippen molar-refractivity contribution in [2.75, 3.05) is 46.6 Å². The van der Waals surface area contributed by atoms with Crippen LogP contribution in [-0.2, 0) is 4.74 Å². The quantitative estimate of drug-likeness (QED) is 0.710. The number of aryl methyl sites for hydroxylation is 2. The zero-order chi connectivity index (χ0) is 20.8. The number of nitrogens with zero attached hydrogens (tertiary/aromatic N) is 1. The van der Waals surface area contributed by atoms with E-state index in [0.717, 1.165) is 39.7 Å². The number of carbonyl (C=O) groups excluding carboxylic acids is 1. The van der Waals surface area contributed by atoms with E-state index in [0.29, 0.717) is 32.1 Å². The number of carbonyl (C=O) groups is 1. The molecule has 1 aliphatic rings. The predicted molar refractivity (Wildman–Crippen MR) is 115 cm³/mol. The van der Waals surface area contributed by atoms with Gasteiger partial charge in [0.15, 0.2) is 11.5 Å². The van der Waals surface area contributed by atoms with Crippen molar-refractivity contribution < 1.29 is 19.0 Å². The zero-order valence-electron chi connectivity index (χ0n) is 17.6. The van der Waals surface area contributed by atoms with Gasteiger partial charge in [0, 0.05) is 29.4 Å². The molecule has 6 nitrogen and oxygen atoms in total. The van der Waals surface area contributed by atoms with Crippen molar-refractivity contribution in [2.45, 2.75) is 26.8 Å². The second kappa shape index (κ2) is 10.1. The number of benzene rings is 1. The fourth-order valence-electron chi connectivity index (χ4n) is 3.65. The molecule has 1 atom stereocenters. The SMILES string of the molecule is CCOc1ccc(C(CNC(=O)c2cc(C)sc2C)N2CCOCC2)cc1OC. The molecule has 1 saturated heterocycles. The minimum atomic E-state index is -0.0250. The van der Waals surface area contributed by atoms with Gasteiger partial charge in [0.1, 0.15) is 0 Å². The van der Waals surface area contributed by atoms with Gasteiger partial charge in [-0.3, -0.25) is 9.69 Å². The maximum Gasteiger partial charge on any atom is 0.252 e. The van der Waals surface area contributed by atoms with E-state index in [1.807, 2.05) is 39.0 Å². The highest BCUT2D eigenvalue weighted by Gasteiger charge is 2.25. The van der Waals surface area contributed by atoms with Crippen molar-refractivity contribution in [3.05, 3.63) is 45.1 Å². The van der Waals surface area contributed by atoms with Gasteiger partial charge in [0.25, 0.3) is 5.91 Å². The first-order chi connectivity index (χ1) is 14.0. The molecule has 7 heteroatoms. The predicted octanol–water partition coefficient (Wildman–Crippen LogP) is 3.58. The Morgan fingerprint density at radius 3 is 2.62 bits per heavy atom. The molecule has 0 aliphatic carbocycles. The van der Waals surface area contributed by atoms with Gasteiger partial charge >= 0.3 is 0 Å². The number of methoxy groups -OCH3 is 1. The van der Waals surface area contributed by atoms with Crippen LogP contribution in [0.5, 0.6) is 11.5 Å². The lowest BCUT2D eigenvalue weighted by Gasteiger charge is -2.35. The lowest BCUT2D eigenvalue weighted by molar-refractivity contribution is 0.0162. The summed E-state index contributed by atoms with van der Waals surface area (Å²) in [6.45, 7) is 10.1. The molecule has 1 aromatic heterocycles. The molecule has 0 saturated carbocycles. The van der Waals surface area contributed by atoms with Crippen molar-refractivity contribution in [3.63, 3.8) is 0 Å². The third kappa shape index (κ3) is 5.29. The van der Waals surface area contributed by atoms with Gasteiger partial charge in [0.05, 0.1) is 38.5 Å². The number of rotatable bonds is 8. The third-order valence-corrected chi connectivity index (χ3v) is 6.07. The molecule has 1 fully saturated rings. The Morgan fingerprint density at radius 1 is 1.24 bits per heavy atom. The highest BCUT2D eigenvalue weighted by atomic mass is 32.1. The van der Waals surface area contributed by atoms with Crippen LogP contribution in [0, 0.1) is 13.8 Å². The van der Waals surface area contributed by atoms with Gasteiger partial charge < -0.3 is 19.5 Å². The molecule has 2 aromatic rings. The average molecular weight is 419 g/mol. The van der Waals surface area contributed by atoms with E-state index in [9.17, 15) is 4.79 Å². The lowest BCUT2D eigenvalue weighted by Crippen LogP contribution is -2.43. The standard InChI is InChI=1S/C22H30N2O4S/c1-5-28-20-7-6-17(13-21(20)26-4)19(24-8-10-27-11-9-24)14-23-22(25)18-12-15(2)29-16(18)3/h6-7,12-13,19H,5,8-11,14H2,1-4H3,(H,23,25). The summed E-state index contributed by atoms with van der Waals surface area (Å²) in [7, 11) is 1.65. The Hall–Kier alpha value is -2.09. The summed E-state index contributed by atoms with van der Waals surface area (Å²) < 4.78 is 16.7. The van der Waals surface area contributed by atoms with E-state index in [4.69, 9.17) is 14.2 Å². The average Bonchev–Trinajstić information content (AvgIpc) is 3.08. The summed E-state index contributed by atoms with van der Waals surface area (Å²) in [4.78, 5) is 17.3. The number of hydrogen-bond donors (Lipinski definition) is 1. The van der Waals surface area contributed by atoms with Gasteiger partial charge in [-0.05, 0) is 44.5 Å². The second-order valence-electron chi connectivity index (χ2n) is 7.04. The first-order valence-electron chi connectivity index (χ1n) is 10.0. The molecule has 158 valence electrons.